The Labute approximate surface area is 139 Å². The summed E-state index contributed by atoms with van der Waals surface area (Å²) in [6, 6.07) is 13.1. The molecule has 1 heterocycles. The number of rotatable bonds is 3. The van der Waals surface area contributed by atoms with Crippen LogP contribution in [0.1, 0.15) is 28.4 Å². The molecule has 0 unspecified atom stereocenters. The van der Waals surface area contributed by atoms with E-state index in [1.54, 1.807) is 18.2 Å². The maximum absolute atomic E-state index is 11.6. The van der Waals surface area contributed by atoms with Crippen molar-refractivity contribution in [2.75, 3.05) is 0 Å². The van der Waals surface area contributed by atoms with Crippen LogP contribution in [0.2, 0.25) is 5.02 Å². The first-order valence-corrected chi connectivity index (χ1v) is 7.81. The van der Waals surface area contributed by atoms with E-state index in [4.69, 9.17) is 11.6 Å². The van der Waals surface area contributed by atoms with Crippen LogP contribution in [0.3, 0.4) is 0 Å². The van der Waals surface area contributed by atoms with Gasteiger partial charge in [-0.3, -0.25) is 0 Å². The minimum Gasteiger partial charge on any atom is -0.478 e. The second-order valence-electron chi connectivity index (χ2n) is 5.48. The number of fused-ring (bicyclic) bond motifs is 1. The average Bonchev–Trinajstić information content (AvgIpc) is 2.57. The summed E-state index contributed by atoms with van der Waals surface area (Å²) in [7, 11) is 0. The zero-order valence-electron chi connectivity index (χ0n) is 12.9. The lowest BCUT2D eigenvalue weighted by molar-refractivity contribution is 0.0699. The SMILES string of the molecule is CCc1ccc(-c2cc(C(=O)O)c3ccc(Cl)c(C)c3n2)cc1. The summed E-state index contributed by atoms with van der Waals surface area (Å²) in [5.74, 6) is -0.967. The largest absolute Gasteiger partial charge is 0.478 e. The Bertz CT molecular complexity index is 901. The van der Waals surface area contributed by atoms with Crippen LogP contribution in [0.25, 0.3) is 22.2 Å². The van der Waals surface area contributed by atoms with Gasteiger partial charge in [0.2, 0.25) is 0 Å². The fraction of sp³-hybridized carbons (Fsp3) is 0.158. The van der Waals surface area contributed by atoms with Crippen molar-refractivity contribution in [2.24, 2.45) is 0 Å². The summed E-state index contributed by atoms with van der Waals surface area (Å²) in [5.41, 5.74) is 4.43. The predicted molar refractivity (Wildman–Crippen MR) is 93.3 cm³/mol. The van der Waals surface area contributed by atoms with Gasteiger partial charge in [0.25, 0.3) is 0 Å². The van der Waals surface area contributed by atoms with E-state index in [1.165, 1.54) is 5.56 Å². The third-order valence-corrected chi connectivity index (χ3v) is 4.47. The van der Waals surface area contributed by atoms with Crippen molar-refractivity contribution in [3.8, 4) is 11.3 Å². The number of nitrogens with zero attached hydrogens (tertiary/aromatic N) is 1. The van der Waals surface area contributed by atoms with Gasteiger partial charge in [-0.25, -0.2) is 9.78 Å². The molecule has 0 aliphatic rings. The lowest BCUT2D eigenvalue weighted by Crippen LogP contribution is -2.01. The molecule has 0 saturated carbocycles. The number of benzene rings is 2. The molecule has 116 valence electrons. The molecular formula is C19H16ClNO2. The zero-order chi connectivity index (χ0) is 16.6. The Kier molecular flexibility index (Phi) is 4.05. The highest BCUT2D eigenvalue weighted by molar-refractivity contribution is 6.32. The number of carboxylic acids is 1. The van der Waals surface area contributed by atoms with Crippen LogP contribution >= 0.6 is 11.6 Å². The van der Waals surface area contributed by atoms with Crippen LogP contribution in [-0.2, 0) is 6.42 Å². The van der Waals surface area contributed by atoms with Crippen molar-refractivity contribution in [1.82, 2.24) is 4.98 Å². The first kappa shape index (κ1) is 15.5. The smallest absolute Gasteiger partial charge is 0.336 e. The van der Waals surface area contributed by atoms with Gasteiger partial charge in [-0.05, 0) is 36.6 Å². The number of aromatic nitrogens is 1. The monoisotopic (exact) mass is 325 g/mol. The molecule has 1 aromatic heterocycles. The summed E-state index contributed by atoms with van der Waals surface area (Å²) >= 11 is 6.17. The maximum Gasteiger partial charge on any atom is 0.336 e. The highest BCUT2D eigenvalue weighted by atomic mass is 35.5. The number of carboxylic acid groups (broad SMARTS) is 1. The van der Waals surface area contributed by atoms with Gasteiger partial charge in [-0.15, -0.1) is 0 Å². The molecule has 0 aliphatic heterocycles. The molecule has 0 saturated heterocycles. The Balaban J connectivity index is 2.28. The summed E-state index contributed by atoms with van der Waals surface area (Å²) in [6.07, 6.45) is 0.959. The summed E-state index contributed by atoms with van der Waals surface area (Å²) in [6.45, 7) is 3.95. The second-order valence-corrected chi connectivity index (χ2v) is 5.89. The van der Waals surface area contributed by atoms with Gasteiger partial charge in [-0.1, -0.05) is 48.9 Å². The minimum absolute atomic E-state index is 0.240. The summed E-state index contributed by atoms with van der Waals surface area (Å²) in [5, 5.41) is 10.7. The second kappa shape index (κ2) is 6.01. The van der Waals surface area contributed by atoms with E-state index in [0.717, 1.165) is 17.5 Å². The van der Waals surface area contributed by atoms with Crippen LogP contribution in [0.4, 0.5) is 0 Å². The van der Waals surface area contributed by atoms with E-state index in [2.05, 4.69) is 11.9 Å². The van der Waals surface area contributed by atoms with E-state index in [0.29, 0.717) is 21.6 Å². The predicted octanol–water partition coefficient (Wildman–Crippen LogP) is 5.12. The van der Waals surface area contributed by atoms with E-state index in [1.807, 2.05) is 31.2 Å². The zero-order valence-corrected chi connectivity index (χ0v) is 13.7. The van der Waals surface area contributed by atoms with Crippen LogP contribution in [0.15, 0.2) is 42.5 Å². The molecule has 0 aliphatic carbocycles. The molecular weight excluding hydrogens is 310 g/mol. The molecule has 3 rings (SSSR count). The Morgan fingerprint density at radius 2 is 1.87 bits per heavy atom. The van der Waals surface area contributed by atoms with Crippen LogP contribution < -0.4 is 0 Å². The molecule has 4 heteroatoms. The normalized spacial score (nSPS) is 10.9. The van der Waals surface area contributed by atoms with Gasteiger partial charge < -0.3 is 5.11 Å². The highest BCUT2D eigenvalue weighted by Crippen LogP contribution is 2.30. The van der Waals surface area contributed by atoms with E-state index in [9.17, 15) is 9.90 Å². The van der Waals surface area contributed by atoms with E-state index >= 15 is 0 Å². The van der Waals surface area contributed by atoms with Crippen molar-refractivity contribution in [3.05, 3.63) is 64.2 Å². The Hall–Kier alpha value is -2.39. The quantitative estimate of drug-likeness (QED) is 0.726. The van der Waals surface area contributed by atoms with Gasteiger partial charge >= 0.3 is 5.97 Å². The maximum atomic E-state index is 11.6. The molecule has 1 N–H and O–H groups in total. The number of hydrogen-bond acceptors (Lipinski definition) is 2. The van der Waals surface area contributed by atoms with Crippen LogP contribution in [0.5, 0.6) is 0 Å². The fourth-order valence-electron chi connectivity index (χ4n) is 2.64. The lowest BCUT2D eigenvalue weighted by atomic mass is 10.0. The number of hydrogen-bond donors (Lipinski definition) is 1. The molecule has 23 heavy (non-hydrogen) atoms. The standard InChI is InChI=1S/C19H16ClNO2/c1-3-12-4-6-13(7-5-12)17-10-15(19(22)23)14-8-9-16(20)11(2)18(14)21-17/h4-10H,3H2,1-2H3,(H,22,23). The molecule has 0 radical (unpaired) electrons. The highest BCUT2D eigenvalue weighted by Gasteiger charge is 2.15. The molecule has 0 atom stereocenters. The Morgan fingerprint density at radius 1 is 1.17 bits per heavy atom. The third-order valence-electron chi connectivity index (χ3n) is 4.06. The van der Waals surface area contributed by atoms with Gasteiger partial charge in [0.1, 0.15) is 0 Å². The third kappa shape index (κ3) is 2.80. The summed E-state index contributed by atoms with van der Waals surface area (Å²) < 4.78 is 0. The lowest BCUT2D eigenvalue weighted by Gasteiger charge is -2.10. The molecule has 0 amide bonds. The van der Waals surface area contributed by atoms with Crippen molar-refractivity contribution in [1.29, 1.82) is 0 Å². The average molecular weight is 326 g/mol. The van der Waals surface area contributed by atoms with E-state index < -0.39 is 5.97 Å². The van der Waals surface area contributed by atoms with Crippen molar-refractivity contribution >= 4 is 28.5 Å². The number of aryl methyl sites for hydroxylation is 2. The molecule has 0 fully saturated rings. The van der Waals surface area contributed by atoms with Crippen LogP contribution in [-0.4, -0.2) is 16.1 Å². The van der Waals surface area contributed by atoms with Gasteiger partial charge in [0, 0.05) is 16.0 Å². The van der Waals surface area contributed by atoms with Gasteiger partial charge in [0.15, 0.2) is 0 Å². The van der Waals surface area contributed by atoms with Crippen LogP contribution in [0, 0.1) is 6.92 Å². The van der Waals surface area contributed by atoms with E-state index in [-0.39, 0.29) is 5.56 Å². The number of aromatic carboxylic acids is 1. The molecule has 3 aromatic rings. The number of carbonyl (C=O) groups is 1. The van der Waals surface area contributed by atoms with Gasteiger partial charge in [-0.2, -0.15) is 0 Å². The van der Waals surface area contributed by atoms with Crippen molar-refractivity contribution in [2.45, 2.75) is 20.3 Å². The van der Waals surface area contributed by atoms with Crippen molar-refractivity contribution < 1.29 is 9.90 Å². The molecule has 3 nitrogen and oxygen atoms in total. The molecule has 2 aromatic carbocycles. The fourth-order valence-corrected chi connectivity index (χ4v) is 2.79. The molecule has 0 spiro atoms. The topological polar surface area (TPSA) is 50.2 Å². The minimum atomic E-state index is -0.967. The van der Waals surface area contributed by atoms with Crippen molar-refractivity contribution in [3.63, 3.8) is 0 Å². The summed E-state index contributed by atoms with van der Waals surface area (Å²) in [4.78, 5) is 16.3. The molecule has 0 bridgehead atoms. The first-order chi connectivity index (χ1) is 11.0. The Morgan fingerprint density at radius 3 is 2.48 bits per heavy atom. The first-order valence-electron chi connectivity index (χ1n) is 7.43. The number of pyridine rings is 1. The number of halogens is 1. The van der Waals surface area contributed by atoms with Gasteiger partial charge in [0.05, 0.1) is 16.8 Å².